The van der Waals surface area contributed by atoms with E-state index in [9.17, 15) is 13.6 Å². The molecule has 1 N–H and O–H groups in total. The molecule has 1 fully saturated rings. The number of nitrogens with zero attached hydrogens (tertiary/aromatic N) is 2. The van der Waals surface area contributed by atoms with Gasteiger partial charge in [0.1, 0.15) is 5.75 Å². The van der Waals surface area contributed by atoms with Gasteiger partial charge in [-0.05, 0) is 18.2 Å². The van der Waals surface area contributed by atoms with Gasteiger partial charge >= 0.3 is 5.97 Å². The number of hydrogen-bond donors (Lipinski definition) is 1. The van der Waals surface area contributed by atoms with Crippen LogP contribution in [0.5, 0.6) is 5.75 Å². The lowest BCUT2D eigenvalue weighted by molar-refractivity contribution is 0.0200. The lowest BCUT2D eigenvalue weighted by atomic mass is 10.2. The first-order valence-electron chi connectivity index (χ1n) is 7.22. The van der Waals surface area contributed by atoms with Crippen LogP contribution >= 0.6 is 12.4 Å². The summed E-state index contributed by atoms with van der Waals surface area (Å²) >= 11 is 0. The Bertz CT molecular complexity index is 741. The van der Waals surface area contributed by atoms with Crippen molar-refractivity contribution < 1.29 is 27.6 Å². The molecule has 136 valence electrons. The number of methoxy groups -OCH3 is 1. The monoisotopic (exact) mass is 375 g/mol. The molecule has 7 nitrogen and oxygen atoms in total. The molecule has 10 heteroatoms. The molecule has 0 spiro atoms. The van der Waals surface area contributed by atoms with E-state index in [0.29, 0.717) is 11.3 Å². The zero-order valence-electron chi connectivity index (χ0n) is 13.2. The summed E-state index contributed by atoms with van der Waals surface area (Å²) in [5, 5.41) is 6.35. The molecule has 1 atom stereocenters. The van der Waals surface area contributed by atoms with Crippen LogP contribution in [0.2, 0.25) is 0 Å². The second-order valence-corrected chi connectivity index (χ2v) is 5.35. The first-order chi connectivity index (χ1) is 11.5. The lowest BCUT2D eigenvalue weighted by Gasteiger charge is -2.05. The Labute approximate surface area is 148 Å². The van der Waals surface area contributed by atoms with Crippen molar-refractivity contribution in [2.45, 2.75) is 25.0 Å². The van der Waals surface area contributed by atoms with Crippen LogP contribution in [0.4, 0.5) is 8.78 Å². The number of esters is 1. The smallest absolute Gasteiger partial charge is 0.337 e. The van der Waals surface area contributed by atoms with Crippen molar-refractivity contribution in [1.82, 2.24) is 15.5 Å². The maximum atomic E-state index is 13.2. The van der Waals surface area contributed by atoms with Crippen molar-refractivity contribution in [3.8, 4) is 5.75 Å². The van der Waals surface area contributed by atoms with Gasteiger partial charge in [0.15, 0.2) is 6.61 Å². The standard InChI is InChI=1S/C15H15F2N3O4.ClH/c1-22-14(21)9-3-2-4-10(5-9)23-7-12-19-13(24-20-12)11-6-15(16,17)8-18-11;/h2-5,11,18H,6-8H2,1H3;1H. The van der Waals surface area contributed by atoms with Crippen molar-refractivity contribution in [1.29, 1.82) is 0 Å². The zero-order chi connectivity index (χ0) is 17.2. The first-order valence-corrected chi connectivity index (χ1v) is 7.22. The van der Waals surface area contributed by atoms with Crippen molar-refractivity contribution >= 4 is 18.4 Å². The van der Waals surface area contributed by atoms with Crippen molar-refractivity contribution in [3.05, 3.63) is 41.5 Å². The third-order valence-corrected chi connectivity index (χ3v) is 3.51. The predicted octanol–water partition coefficient (Wildman–Crippen LogP) is 2.53. The number of aromatic nitrogens is 2. The summed E-state index contributed by atoms with van der Waals surface area (Å²) in [6, 6.07) is 5.76. The Kier molecular flexibility index (Phi) is 5.91. The van der Waals surface area contributed by atoms with Gasteiger partial charge in [-0.25, -0.2) is 13.6 Å². The normalized spacial score (nSPS) is 18.4. The SMILES string of the molecule is COC(=O)c1cccc(OCc2noc(C3CC(F)(F)CN3)n2)c1.Cl. The van der Waals surface area contributed by atoms with Gasteiger partial charge in [0.2, 0.25) is 11.7 Å². The molecule has 0 saturated carbocycles. The van der Waals surface area contributed by atoms with Crippen LogP contribution in [0.1, 0.15) is 34.5 Å². The second-order valence-electron chi connectivity index (χ2n) is 5.35. The van der Waals surface area contributed by atoms with E-state index in [-0.39, 0.29) is 37.1 Å². The molecule has 1 aliphatic heterocycles. The predicted molar refractivity (Wildman–Crippen MR) is 84.0 cm³/mol. The fraction of sp³-hybridized carbons (Fsp3) is 0.400. The highest BCUT2D eigenvalue weighted by Crippen LogP contribution is 2.33. The summed E-state index contributed by atoms with van der Waals surface area (Å²) in [5.74, 6) is -2.49. The molecule has 1 aliphatic rings. The molecule has 1 aromatic heterocycles. The summed E-state index contributed by atoms with van der Waals surface area (Å²) in [6.07, 6.45) is -0.378. The van der Waals surface area contributed by atoms with Gasteiger partial charge in [-0.1, -0.05) is 11.2 Å². The van der Waals surface area contributed by atoms with Gasteiger partial charge in [-0.2, -0.15) is 4.98 Å². The topological polar surface area (TPSA) is 86.5 Å². The third-order valence-electron chi connectivity index (χ3n) is 3.51. The second kappa shape index (κ2) is 7.75. The number of carbonyl (C=O) groups is 1. The van der Waals surface area contributed by atoms with E-state index in [2.05, 4.69) is 20.2 Å². The fourth-order valence-electron chi connectivity index (χ4n) is 2.34. The summed E-state index contributed by atoms with van der Waals surface area (Å²) in [4.78, 5) is 15.5. The highest BCUT2D eigenvalue weighted by Gasteiger charge is 2.42. The van der Waals surface area contributed by atoms with Gasteiger partial charge in [-0.3, -0.25) is 5.32 Å². The molecule has 0 amide bonds. The fourth-order valence-corrected chi connectivity index (χ4v) is 2.34. The first kappa shape index (κ1) is 19.1. The molecule has 0 radical (unpaired) electrons. The van der Waals surface area contributed by atoms with E-state index >= 15 is 0 Å². The number of halogens is 3. The maximum absolute atomic E-state index is 13.2. The van der Waals surface area contributed by atoms with Crippen LogP contribution in [0.3, 0.4) is 0 Å². The maximum Gasteiger partial charge on any atom is 0.337 e. The number of rotatable bonds is 5. The van der Waals surface area contributed by atoms with Crippen molar-refractivity contribution in [2.24, 2.45) is 0 Å². The number of ether oxygens (including phenoxy) is 2. The van der Waals surface area contributed by atoms with E-state index in [4.69, 9.17) is 9.26 Å². The Morgan fingerprint density at radius 1 is 1.48 bits per heavy atom. The molecular weight excluding hydrogens is 360 g/mol. The Hall–Kier alpha value is -2.26. The number of alkyl halides is 2. The van der Waals surface area contributed by atoms with Gasteiger partial charge < -0.3 is 14.0 Å². The van der Waals surface area contributed by atoms with Crippen LogP contribution in [-0.4, -0.2) is 35.7 Å². The summed E-state index contributed by atoms with van der Waals surface area (Å²) < 4.78 is 41.5. The Morgan fingerprint density at radius 2 is 2.28 bits per heavy atom. The minimum atomic E-state index is -2.77. The van der Waals surface area contributed by atoms with Gasteiger partial charge in [-0.15, -0.1) is 12.4 Å². The van der Waals surface area contributed by atoms with Crippen LogP contribution < -0.4 is 10.1 Å². The third kappa shape index (κ3) is 4.64. The minimum absolute atomic E-state index is 0. The number of hydrogen-bond acceptors (Lipinski definition) is 7. The lowest BCUT2D eigenvalue weighted by Crippen LogP contribution is -2.19. The van der Waals surface area contributed by atoms with Gasteiger partial charge in [0, 0.05) is 6.42 Å². The van der Waals surface area contributed by atoms with Crippen molar-refractivity contribution in [3.63, 3.8) is 0 Å². The highest BCUT2D eigenvalue weighted by molar-refractivity contribution is 5.89. The van der Waals surface area contributed by atoms with Crippen LogP contribution in [0.25, 0.3) is 0 Å². The summed E-state index contributed by atoms with van der Waals surface area (Å²) in [6.45, 7) is -0.427. The molecule has 3 rings (SSSR count). The molecule has 25 heavy (non-hydrogen) atoms. The number of nitrogens with one attached hydrogen (secondary N) is 1. The van der Waals surface area contributed by atoms with E-state index < -0.39 is 24.5 Å². The van der Waals surface area contributed by atoms with E-state index in [1.165, 1.54) is 13.2 Å². The van der Waals surface area contributed by atoms with Crippen LogP contribution in [0, 0.1) is 0 Å². The van der Waals surface area contributed by atoms with E-state index in [0.717, 1.165) is 0 Å². The molecule has 1 unspecified atom stereocenters. The zero-order valence-corrected chi connectivity index (χ0v) is 14.0. The molecule has 0 bridgehead atoms. The molecule has 1 aromatic carbocycles. The van der Waals surface area contributed by atoms with Crippen molar-refractivity contribution in [2.75, 3.05) is 13.7 Å². The average Bonchev–Trinajstić information content (AvgIpc) is 3.18. The Morgan fingerprint density at radius 3 is 2.96 bits per heavy atom. The van der Waals surface area contributed by atoms with E-state index in [1.807, 2.05) is 0 Å². The quantitative estimate of drug-likeness (QED) is 0.803. The molecule has 2 aromatic rings. The number of benzene rings is 1. The summed E-state index contributed by atoms with van der Waals surface area (Å²) in [5.41, 5.74) is 0.348. The highest BCUT2D eigenvalue weighted by atomic mass is 35.5. The van der Waals surface area contributed by atoms with Gasteiger partial charge in [0.05, 0.1) is 25.3 Å². The van der Waals surface area contributed by atoms with Crippen LogP contribution in [0.15, 0.2) is 28.8 Å². The van der Waals surface area contributed by atoms with Crippen LogP contribution in [-0.2, 0) is 11.3 Å². The molecule has 0 aliphatic carbocycles. The molecule has 2 heterocycles. The Balaban J connectivity index is 0.00000225. The number of carbonyl (C=O) groups excluding carboxylic acids is 1. The average molecular weight is 376 g/mol. The van der Waals surface area contributed by atoms with Gasteiger partial charge in [0.25, 0.3) is 5.92 Å². The molecule has 1 saturated heterocycles. The summed E-state index contributed by atoms with van der Waals surface area (Å²) in [7, 11) is 1.29. The minimum Gasteiger partial charge on any atom is -0.485 e. The van der Waals surface area contributed by atoms with E-state index in [1.54, 1.807) is 18.2 Å². The molecular formula is C15H16ClF2N3O4. The largest absolute Gasteiger partial charge is 0.485 e.